The van der Waals surface area contributed by atoms with Gasteiger partial charge in [-0.1, -0.05) is 18.2 Å². The lowest BCUT2D eigenvalue weighted by molar-refractivity contribution is -0.127. The summed E-state index contributed by atoms with van der Waals surface area (Å²) in [5, 5.41) is 0. The number of allylic oxidation sites excluding steroid dienone is 3. The fourth-order valence-electron chi connectivity index (χ4n) is 2.63. The Morgan fingerprint density at radius 3 is 2.26 bits per heavy atom. The average molecular weight is 392 g/mol. The Labute approximate surface area is 160 Å². The maximum atomic E-state index is 12.8. The third kappa shape index (κ3) is 5.27. The van der Waals surface area contributed by atoms with Gasteiger partial charge < -0.3 is 9.64 Å². The van der Waals surface area contributed by atoms with E-state index in [0.717, 1.165) is 0 Å². The van der Waals surface area contributed by atoms with E-state index in [2.05, 4.69) is 0 Å². The number of ether oxygens (including phenoxy) is 1. The number of carbonyl (C=O) groups excluding carboxylic acids is 2. The van der Waals surface area contributed by atoms with Crippen LogP contribution in [0.15, 0.2) is 53.5 Å². The Hall–Kier alpha value is -2.45. The van der Waals surface area contributed by atoms with Crippen LogP contribution >= 0.6 is 0 Å². The largest absolute Gasteiger partial charge is 0.462 e. The average Bonchev–Trinajstić information content (AvgIpc) is 2.68. The van der Waals surface area contributed by atoms with Gasteiger partial charge in [0.05, 0.1) is 17.1 Å². The van der Waals surface area contributed by atoms with Crippen LogP contribution in [0.5, 0.6) is 0 Å². The van der Waals surface area contributed by atoms with E-state index in [1.54, 1.807) is 24.0 Å². The SMILES string of the molecule is C/C=C/C=C/C(=O)N1CCN(S(=O)(=O)c2ccc(C(=O)OCC)cc2)CC1. The van der Waals surface area contributed by atoms with Crippen LogP contribution in [0.1, 0.15) is 24.2 Å². The van der Waals surface area contributed by atoms with Gasteiger partial charge in [0, 0.05) is 32.3 Å². The first-order chi connectivity index (χ1) is 12.9. The standard InChI is InChI=1S/C19H24N2O5S/c1-3-5-6-7-18(22)20-12-14-21(15-13-20)27(24,25)17-10-8-16(9-11-17)19(23)26-4-2/h3,5-11H,4,12-15H2,1-2H3/b5-3+,7-6+. The Morgan fingerprint density at radius 1 is 1.07 bits per heavy atom. The van der Waals surface area contributed by atoms with Gasteiger partial charge in [-0.25, -0.2) is 13.2 Å². The molecule has 0 saturated carbocycles. The van der Waals surface area contributed by atoms with E-state index in [1.165, 1.54) is 34.6 Å². The summed E-state index contributed by atoms with van der Waals surface area (Å²) >= 11 is 0. The molecule has 7 nitrogen and oxygen atoms in total. The summed E-state index contributed by atoms with van der Waals surface area (Å²) in [6, 6.07) is 5.69. The first kappa shape index (κ1) is 20.9. The van der Waals surface area contributed by atoms with Gasteiger partial charge in [-0.3, -0.25) is 4.79 Å². The van der Waals surface area contributed by atoms with E-state index in [0.29, 0.717) is 18.7 Å². The van der Waals surface area contributed by atoms with E-state index >= 15 is 0 Å². The molecule has 0 atom stereocenters. The van der Waals surface area contributed by atoms with Gasteiger partial charge in [0.2, 0.25) is 15.9 Å². The van der Waals surface area contributed by atoms with Gasteiger partial charge in [-0.05, 0) is 38.1 Å². The van der Waals surface area contributed by atoms with Crippen molar-refractivity contribution in [1.82, 2.24) is 9.21 Å². The van der Waals surface area contributed by atoms with Crippen LogP contribution in [0.2, 0.25) is 0 Å². The molecule has 0 aromatic heterocycles. The molecule has 0 bridgehead atoms. The van der Waals surface area contributed by atoms with Crippen molar-refractivity contribution in [3.05, 3.63) is 54.1 Å². The monoisotopic (exact) mass is 392 g/mol. The third-order valence-electron chi connectivity index (χ3n) is 4.10. The fraction of sp³-hybridized carbons (Fsp3) is 0.368. The molecule has 1 saturated heterocycles. The molecule has 2 rings (SSSR count). The van der Waals surface area contributed by atoms with E-state index < -0.39 is 16.0 Å². The Morgan fingerprint density at radius 2 is 1.70 bits per heavy atom. The second-order valence-electron chi connectivity index (χ2n) is 5.86. The van der Waals surface area contributed by atoms with Crippen molar-refractivity contribution < 1.29 is 22.7 Å². The normalized spacial score (nSPS) is 16.1. The smallest absolute Gasteiger partial charge is 0.338 e. The number of carbonyl (C=O) groups is 2. The molecule has 0 N–H and O–H groups in total. The summed E-state index contributed by atoms with van der Waals surface area (Å²) in [6.07, 6.45) is 6.72. The van der Waals surface area contributed by atoms with E-state index in [9.17, 15) is 18.0 Å². The number of esters is 1. The van der Waals surface area contributed by atoms with Gasteiger partial charge >= 0.3 is 5.97 Å². The van der Waals surface area contributed by atoms with E-state index in [1.807, 2.05) is 13.0 Å². The van der Waals surface area contributed by atoms with Crippen LogP contribution in [0, 0.1) is 0 Å². The van der Waals surface area contributed by atoms with Crippen molar-refractivity contribution in [3.63, 3.8) is 0 Å². The topological polar surface area (TPSA) is 84.0 Å². The van der Waals surface area contributed by atoms with Crippen LogP contribution in [0.3, 0.4) is 0 Å². The molecule has 0 radical (unpaired) electrons. The molecule has 1 aromatic carbocycles. The summed E-state index contributed by atoms with van der Waals surface area (Å²) in [5.41, 5.74) is 0.305. The molecule has 1 aliphatic heterocycles. The molecule has 1 amide bonds. The number of amides is 1. The fourth-order valence-corrected chi connectivity index (χ4v) is 4.05. The number of hydrogen-bond donors (Lipinski definition) is 0. The summed E-state index contributed by atoms with van der Waals surface area (Å²) in [5.74, 6) is -0.622. The summed E-state index contributed by atoms with van der Waals surface area (Å²) in [7, 11) is -3.67. The number of benzene rings is 1. The first-order valence-electron chi connectivity index (χ1n) is 8.75. The number of piperazine rings is 1. The van der Waals surface area contributed by atoms with Crippen molar-refractivity contribution >= 4 is 21.9 Å². The molecule has 27 heavy (non-hydrogen) atoms. The minimum atomic E-state index is -3.67. The van der Waals surface area contributed by atoms with Gasteiger partial charge in [-0.2, -0.15) is 4.31 Å². The van der Waals surface area contributed by atoms with E-state index in [-0.39, 0.29) is 30.5 Å². The van der Waals surface area contributed by atoms with Crippen LogP contribution in [0.4, 0.5) is 0 Å². The number of rotatable bonds is 6. The van der Waals surface area contributed by atoms with Gasteiger partial charge in [0.25, 0.3) is 0 Å². The highest BCUT2D eigenvalue weighted by molar-refractivity contribution is 7.89. The minimum absolute atomic E-state index is 0.114. The molecule has 0 spiro atoms. The number of nitrogens with zero attached hydrogens (tertiary/aromatic N) is 2. The Balaban J connectivity index is 2.02. The number of hydrogen-bond acceptors (Lipinski definition) is 5. The van der Waals surface area contributed by atoms with Crippen molar-refractivity contribution in [2.45, 2.75) is 18.7 Å². The molecule has 1 fully saturated rings. The van der Waals surface area contributed by atoms with Crippen molar-refractivity contribution in [1.29, 1.82) is 0 Å². The first-order valence-corrected chi connectivity index (χ1v) is 10.2. The lowest BCUT2D eigenvalue weighted by Crippen LogP contribution is -2.50. The maximum Gasteiger partial charge on any atom is 0.338 e. The predicted molar refractivity (Wildman–Crippen MR) is 102 cm³/mol. The zero-order chi connectivity index (χ0) is 19.9. The quantitative estimate of drug-likeness (QED) is 0.419. The highest BCUT2D eigenvalue weighted by atomic mass is 32.2. The third-order valence-corrected chi connectivity index (χ3v) is 6.01. The summed E-state index contributed by atoms with van der Waals surface area (Å²) in [4.78, 5) is 25.5. The summed E-state index contributed by atoms with van der Waals surface area (Å²) in [6.45, 7) is 4.94. The van der Waals surface area contributed by atoms with Crippen molar-refractivity contribution in [2.75, 3.05) is 32.8 Å². The molecular formula is C19H24N2O5S. The highest BCUT2D eigenvalue weighted by Crippen LogP contribution is 2.19. The Bertz CT molecular complexity index is 820. The zero-order valence-corrected chi connectivity index (χ0v) is 16.3. The summed E-state index contributed by atoms with van der Waals surface area (Å²) < 4.78 is 31.8. The van der Waals surface area contributed by atoms with Crippen LogP contribution in [-0.4, -0.2) is 62.3 Å². The maximum absolute atomic E-state index is 12.8. The lowest BCUT2D eigenvalue weighted by Gasteiger charge is -2.33. The Kier molecular flexibility index (Phi) is 7.32. The molecule has 0 unspecified atom stereocenters. The van der Waals surface area contributed by atoms with Crippen molar-refractivity contribution in [2.24, 2.45) is 0 Å². The van der Waals surface area contributed by atoms with Crippen LogP contribution < -0.4 is 0 Å². The highest BCUT2D eigenvalue weighted by Gasteiger charge is 2.29. The molecular weight excluding hydrogens is 368 g/mol. The van der Waals surface area contributed by atoms with E-state index in [4.69, 9.17) is 4.74 Å². The van der Waals surface area contributed by atoms with Crippen molar-refractivity contribution in [3.8, 4) is 0 Å². The van der Waals surface area contributed by atoms with Gasteiger partial charge in [0.15, 0.2) is 0 Å². The minimum Gasteiger partial charge on any atom is -0.462 e. The molecule has 1 heterocycles. The van der Waals surface area contributed by atoms with Gasteiger partial charge in [0.1, 0.15) is 0 Å². The number of sulfonamides is 1. The van der Waals surface area contributed by atoms with Crippen LogP contribution in [-0.2, 0) is 19.6 Å². The lowest BCUT2D eigenvalue weighted by atomic mass is 10.2. The molecule has 146 valence electrons. The molecule has 0 aliphatic carbocycles. The zero-order valence-electron chi connectivity index (χ0n) is 15.5. The predicted octanol–water partition coefficient (Wildman–Crippen LogP) is 1.83. The molecule has 1 aliphatic rings. The second kappa shape index (κ2) is 9.48. The second-order valence-corrected chi connectivity index (χ2v) is 7.80. The van der Waals surface area contributed by atoms with Crippen LogP contribution in [0.25, 0.3) is 0 Å². The molecule has 1 aromatic rings. The molecule has 8 heteroatoms. The van der Waals surface area contributed by atoms with Gasteiger partial charge in [-0.15, -0.1) is 0 Å².